The van der Waals surface area contributed by atoms with Crippen molar-refractivity contribution < 1.29 is 42.2 Å². The number of methoxy groups -OCH3 is 1. The first-order valence-corrected chi connectivity index (χ1v) is 31.5. The van der Waals surface area contributed by atoms with E-state index in [9.17, 15) is 14.7 Å². The van der Waals surface area contributed by atoms with Crippen molar-refractivity contribution in [1.29, 1.82) is 0 Å². The molecule has 1 saturated heterocycles. The van der Waals surface area contributed by atoms with E-state index in [2.05, 4.69) is 143 Å². The molecular formula is C45H82INO9Si3. The molecule has 2 rings (SSSR count). The highest BCUT2D eigenvalue weighted by Crippen LogP contribution is 2.45. The lowest BCUT2D eigenvalue weighted by Gasteiger charge is -2.43. The van der Waals surface area contributed by atoms with Crippen molar-refractivity contribution >= 4 is 59.4 Å². The lowest BCUT2D eigenvalue weighted by atomic mass is 9.89. The molecule has 0 aliphatic carbocycles. The topological polar surface area (TPSA) is 122 Å². The van der Waals surface area contributed by atoms with Gasteiger partial charge in [0.1, 0.15) is 11.5 Å². The molecule has 2 N–H and O–H groups in total. The minimum absolute atomic E-state index is 0.0290. The summed E-state index contributed by atoms with van der Waals surface area (Å²) < 4.78 is 42.2. The minimum atomic E-state index is -2.36. The number of benzene rings is 1. The van der Waals surface area contributed by atoms with Crippen LogP contribution >= 0.6 is 22.6 Å². The molecule has 0 spiro atoms. The lowest BCUT2D eigenvalue weighted by Crippen LogP contribution is -2.51. The maximum Gasteiger partial charge on any atom is 0.404 e. The number of carboxylic acid groups (broad SMARTS) is 1. The van der Waals surface area contributed by atoms with Crippen LogP contribution in [0.5, 0.6) is 5.75 Å². The van der Waals surface area contributed by atoms with Crippen molar-refractivity contribution in [3.8, 4) is 5.75 Å². The van der Waals surface area contributed by atoms with Crippen LogP contribution in [0.1, 0.15) is 107 Å². The SMILES string of the molecule is COc1ccc(CO[C@H](/C=C/I)[C@@H](C)CC(=O)C[C@H](C)[C@@H]2O[C@H]([C@H](C[C@H](CNC(=O)O)O[Si](C)(C)C(C)(C)C)O[Si](C)(C)C(C)(C)C)C[C@@H]2O[Si](C)(C)C(C)(C)C)cc1. The van der Waals surface area contributed by atoms with E-state index in [0.29, 0.717) is 32.3 Å². The van der Waals surface area contributed by atoms with Gasteiger partial charge < -0.3 is 37.9 Å². The van der Waals surface area contributed by atoms with Crippen LogP contribution in [0.25, 0.3) is 0 Å². The maximum atomic E-state index is 14.0. The molecule has 0 saturated carbocycles. The fourth-order valence-corrected chi connectivity index (χ4v) is 11.1. The Morgan fingerprint density at radius 3 is 1.92 bits per heavy atom. The van der Waals surface area contributed by atoms with E-state index in [1.807, 2.05) is 34.4 Å². The predicted molar refractivity (Wildman–Crippen MR) is 257 cm³/mol. The molecule has 1 aromatic carbocycles. The zero-order valence-electron chi connectivity index (χ0n) is 39.9. The number of carbonyl (C=O) groups is 2. The van der Waals surface area contributed by atoms with Gasteiger partial charge in [-0.1, -0.05) is 111 Å². The van der Waals surface area contributed by atoms with Crippen LogP contribution in [-0.4, -0.2) is 92.2 Å². The Morgan fingerprint density at radius 1 is 0.881 bits per heavy atom. The number of Topliss-reactive ketones (excluding diaryl/α,β-unsaturated/α-hetero) is 1. The van der Waals surface area contributed by atoms with Crippen LogP contribution in [0.3, 0.4) is 0 Å². The number of carbonyl (C=O) groups excluding carboxylic acids is 1. The quantitative estimate of drug-likeness (QED) is 0.0864. The zero-order valence-corrected chi connectivity index (χ0v) is 45.1. The van der Waals surface area contributed by atoms with E-state index < -0.39 is 37.1 Å². The highest BCUT2D eigenvalue weighted by atomic mass is 127. The van der Waals surface area contributed by atoms with Gasteiger partial charge in [0.25, 0.3) is 0 Å². The average Bonchev–Trinajstić information content (AvgIpc) is 3.50. The van der Waals surface area contributed by atoms with Crippen molar-refractivity contribution in [1.82, 2.24) is 5.32 Å². The molecule has 1 aromatic rings. The first-order valence-electron chi connectivity index (χ1n) is 21.5. The van der Waals surface area contributed by atoms with E-state index >= 15 is 0 Å². The number of amides is 1. The number of nitrogens with one attached hydrogen (secondary N) is 1. The zero-order chi connectivity index (χ0) is 45.4. The molecule has 1 fully saturated rings. The number of rotatable bonds is 22. The fraction of sp³-hybridized carbons (Fsp3) is 0.778. The largest absolute Gasteiger partial charge is 0.497 e. The average molecular weight is 992 g/mol. The predicted octanol–water partition coefficient (Wildman–Crippen LogP) is 12.1. The third-order valence-electron chi connectivity index (χ3n) is 13.4. The maximum absolute atomic E-state index is 14.0. The minimum Gasteiger partial charge on any atom is -0.497 e. The molecule has 59 heavy (non-hydrogen) atoms. The third-order valence-corrected chi connectivity index (χ3v) is 27.4. The number of hydrogen-bond donors (Lipinski definition) is 2. The monoisotopic (exact) mass is 991 g/mol. The first kappa shape index (κ1) is 54.0. The summed E-state index contributed by atoms with van der Waals surface area (Å²) in [6.07, 6.45) is 0.861. The van der Waals surface area contributed by atoms with Gasteiger partial charge in [-0.25, -0.2) is 4.79 Å². The van der Waals surface area contributed by atoms with Crippen LogP contribution in [0, 0.1) is 11.8 Å². The van der Waals surface area contributed by atoms with Gasteiger partial charge in [0.15, 0.2) is 25.0 Å². The summed E-state index contributed by atoms with van der Waals surface area (Å²) >= 11 is 2.21. The molecule has 0 unspecified atom stereocenters. The van der Waals surface area contributed by atoms with Crippen molar-refractivity contribution in [2.24, 2.45) is 11.8 Å². The first-order chi connectivity index (χ1) is 26.8. The molecule has 340 valence electrons. The van der Waals surface area contributed by atoms with E-state index in [1.54, 1.807) is 7.11 Å². The highest BCUT2D eigenvalue weighted by molar-refractivity contribution is 14.1. The molecule has 14 heteroatoms. The fourth-order valence-electron chi connectivity index (χ4n) is 6.61. The van der Waals surface area contributed by atoms with Crippen LogP contribution in [0.15, 0.2) is 34.4 Å². The summed E-state index contributed by atoms with van der Waals surface area (Å²) in [4.78, 5) is 25.8. The molecular weight excluding hydrogens is 910 g/mol. The standard InChI is InChI=1S/C45H82INO9Si3/c1-31(37(23-24-46)52-30-33-19-21-35(51-12)22-20-33)25-34(48)26-32(2)41-40(56-59(17,18)45(9,10)11)28-38(53-41)39(55-58(15,16)44(6,7)8)27-36(29-47-42(49)50)54-57(13,14)43(3,4)5/h19-24,31-32,36-41,47H,25-30H2,1-18H3,(H,49,50)/b24-23+/t31-,32-,36+,37+,38-,39-,40-,41-/m0/s1. The third kappa shape index (κ3) is 16.5. The van der Waals surface area contributed by atoms with Gasteiger partial charge in [-0.15, -0.1) is 0 Å². The van der Waals surface area contributed by atoms with Crippen LogP contribution in [-0.2, 0) is 34.2 Å². The van der Waals surface area contributed by atoms with Gasteiger partial charge in [-0.2, -0.15) is 0 Å². The van der Waals surface area contributed by atoms with E-state index in [1.165, 1.54) is 0 Å². The Hall–Kier alpha value is -1.12. The normalized spacial score (nSPS) is 21.2. The molecule has 10 nitrogen and oxygen atoms in total. The van der Waals surface area contributed by atoms with Crippen LogP contribution < -0.4 is 10.1 Å². The summed E-state index contributed by atoms with van der Waals surface area (Å²) in [5.41, 5.74) is 1.04. The van der Waals surface area contributed by atoms with Gasteiger partial charge >= 0.3 is 6.09 Å². The summed E-state index contributed by atoms with van der Waals surface area (Å²) in [5, 5.41) is 12.1. The number of ether oxygens (including phenoxy) is 3. The Balaban J connectivity index is 2.45. The number of hydrogen-bond acceptors (Lipinski definition) is 8. The molecule has 1 aliphatic rings. The highest BCUT2D eigenvalue weighted by Gasteiger charge is 2.51. The summed E-state index contributed by atoms with van der Waals surface area (Å²) in [5.74, 6) is 0.816. The van der Waals surface area contributed by atoms with Crippen molar-refractivity contribution in [3.05, 3.63) is 40.0 Å². The molecule has 1 aliphatic heterocycles. The second-order valence-corrected chi connectivity index (χ2v) is 36.5. The molecule has 1 heterocycles. The molecule has 0 aromatic heterocycles. The number of ketones is 1. The summed E-state index contributed by atoms with van der Waals surface area (Å²) in [6.45, 7) is 38.2. The van der Waals surface area contributed by atoms with E-state index in [4.69, 9.17) is 27.5 Å². The van der Waals surface area contributed by atoms with Gasteiger partial charge in [-0.3, -0.25) is 4.79 Å². The van der Waals surface area contributed by atoms with Crippen LogP contribution in [0.4, 0.5) is 4.79 Å². The van der Waals surface area contributed by atoms with Gasteiger partial charge in [-0.05, 0) is 94.1 Å². The molecule has 1 amide bonds. The molecule has 0 bridgehead atoms. The van der Waals surface area contributed by atoms with Gasteiger partial charge in [0, 0.05) is 32.2 Å². The second kappa shape index (κ2) is 22.0. The molecule has 8 atom stereocenters. The van der Waals surface area contributed by atoms with E-state index in [0.717, 1.165) is 11.3 Å². The smallest absolute Gasteiger partial charge is 0.404 e. The van der Waals surface area contributed by atoms with Crippen molar-refractivity contribution in [3.63, 3.8) is 0 Å². The number of halogens is 1. The molecule has 0 radical (unpaired) electrons. The van der Waals surface area contributed by atoms with Crippen molar-refractivity contribution in [2.45, 2.75) is 199 Å². The second-order valence-electron chi connectivity index (χ2n) is 21.5. The Kier molecular flexibility index (Phi) is 20.1. The van der Waals surface area contributed by atoms with Crippen LogP contribution in [0.2, 0.25) is 54.4 Å². The van der Waals surface area contributed by atoms with Crippen molar-refractivity contribution in [2.75, 3.05) is 13.7 Å². The Bertz CT molecular complexity index is 1500. The lowest BCUT2D eigenvalue weighted by molar-refractivity contribution is -0.124. The Labute approximate surface area is 375 Å². The summed E-state index contributed by atoms with van der Waals surface area (Å²) in [6, 6.07) is 7.84. The van der Waals surface area contributed by atoms with E-state index in [-0.39, 0.29) is 69.8 Å². The van der Waals surface area contributed by atoms with Gasteiger partial charge in [0.2, 0.25) is 0 Å². The van der Waals surface area contributed by atoms with Gasteiger partial charge in [0.05, 0.1) is 50.3 Å². The summed E-state index contributed by atoms with van der Waals surface area (Å²) in [7, 11) is -5.27. The Morgan fingerprint density at radius 2 is 1.42 bits per heavy atom.